The lowest BCUT2D eigenvalue weighted by molar-refractivity contribution is -0.132. The molecular formula is C19H22N2O6S2. The number of hydrogen-bond acceptors (Lipinski definition) is 7. The minimum atomic E-state index is -3.10. The standard InChI is InChI=1S/C19H22N2O6S2/c1-20(14-7-9-29(25,26)12-14)17(22)6-8-21-18(23)16(28-19(21)24)11-13-4-3-5-15(10-13)27-2/h3-5,10-11,14H,6-9,12H2,1-2H3/b16-11+/t14-/m1/s1. The number of carbonyl (C=O) groups excluding carboxylic acids is 3. The SMILES string of the molecule is COc1cccc(/C=C2/SC(=O)N(CCC(=O)N(C)[C@@H]3CCS(=O)(=O)C3)C2=O)c1. The number of benzene rings is 1. The first-order chi connectivity index (χ1) is 13.7. The van der Waals surface area contributed by atoms with Gasteiger partial charge in [0.25, 0.3) is 11.1 Å². The third-order valence-corrected chi connectivity index (χ3v) is 7.62. The molecule has 1 aromatic rings. The number of hydrogen-bond donors (Lipinski definition) is 0. The highest BCUT2D eigenvalue weighted by Gasteiger charge is 2.36. The Hall–Kier alpha value is -2.33. The lowest BCUT2D eigenvalue weighted by Gasteiger charge is -2.24. The summed E-state index contributed by atoms with van der Waals surface area (Å²) in [5, 5.41) is -0.428. The summed E-state index contributed by atoms with van der Waals surface area (Å²) in [4.78, 5) is 40.0. The molecule has 3 rings (SSSR count). The second-order valence-electron chi connectivity index (χ2n) is 6.92. The fourth-order valence-electron chi connectivity index (χ4n) is 3.24. The van der Waals surface area contributed by atoms with Crippen molar-refractivity contribution in [3.63, 3.8) is 0 Å². The Morgan fingerprint density at radius 1 is 1.38 bits per heavy atom. The van der Waals surface area contributed by atoms with Gasteiger partial charge >= 0.3 is 0 Å². The molecule has 29 heavy (non-hydrogen) atoms. The fraction of sp³-hybridized carbons (Fsp3) is 0.421. The van der Waals surface area contributed by atoms with E-state index < -0.39 is 21.0 Å². The van der Waals surface area contributed by atoms with Crippen LogP contribution in [0.5, 0.6) is 5.75 Å². The van der Waals surface area contributed by atoms with Gasteiger partial charge in [-0.1, -0.05) is 12.1 Å². The van der Waals surface area contributed by atoms with Gasteiger partial charge in [0, 0.05) is 26.1 Å². The lowest BCUT2D eigenvalue weighted by atomic mass is 10.2. The van der Waals surface area contributed by atoms with Crippen LogP contribution in [0.3, 0.4) is 0 Å². The van der Waals surface area contributed by atoms with Crippen LogP contribution in [0.1, 0.15) is 18.4 Å². The summed E-state index contributed by atoms with van der Waals surface area (Å²) < 4.78 is 28.3. The van der Waals surface area contributed by atoms with Crippen molar-refractivity contribution < 1.29 is 27.5 Å². The second kappa shape index (κ2) is 8.58. The number of amides is 3. The molecule has 0 bridgehead atoms. The highest BCUT2D eigenvalue weighted by atomic mass is 32.2. The van der Waals surface area contributed by atoms with Crippen LogP contribution in [-0.2, 0) is 19.4 Å². The van der Waals surface area contributed by atoms with Gasteiger partial charge in [-0.05, 0) is 42.0 Å². The van der Waals surface area contributed by atoms with Crippen molar-refractivity contribution in [2.75, 3.05) is 32.2 Å². The van der Waals surface area contributed by atoms with Gasteiger partial charge in [0.15, 0.2) is 9.84 Å². The molecule has 2 aliphatic rings. The first-order valence-electron chi connectivity index (χ1n) is 9.05. The number of ether oxygens (including phenoxy) is 1. The molecule has 2 aliphatic heterocycles. The summed E-state index contributed by atoms with van der Waals surface area (Å²) in [6.45, 7) is -0.0389. The molecule has 2 heterocycles. The van der Waals surface area contributed by atoms with E-state index >= 15 is 0 Å². The topological polar surface area (TPSA) is 101 Å². The maximum atomic E-state index is 12.6. The molecule has 0 aromatic heterocycles. The molecule has 2 saturated heterocycles. The monoisotopic (exact) mass is 438 g/mol. The molecule has 0 aliphatic carbocycles. The molecule has 0 spiro atoms. The Morgan fingerprint density at radius 3 is 2.79 bits per heavy atom. The zero-order valence-corrected chi connectivity index (χ0v) is 17.8. The van der Waals surface area contributed by atoms with Crippen molar-refractivity contribution in [2.45, 2.75) is 18.9 Å². The highest BCUT2D eigenvalue weighted by molar-refractivity contribution is 8.18. The third kappa shape index (κ3) is 4.99. The summed E-state index contributed by atoms with van der Waals surface area (Å²) in [7, 11) is 0.00697. The van der Waals surface area contributed by atoms with Crippen molar-refractivity contribution >= 4 is 44.7 Å². The zero-order valence-electron chi connectivity index (χ0n) is 16.2. The first-order valence-corrected chi connectivity index (χ1v) is 11.7. The normalized spacial score (nSPS) is 22.3. The number of rotatable bonds is 6. The Labute approximate surface area is 173 Å². The predicted molar refractivity (Wildman–Crippen MR) is 110 cm³/mol. The summed E-state index contributed by atoms with van der Waals surface area (Å²) in [5.74, 6) is -0.0572. The van der Waals surface area contributed by atoms with E-state index in [-0.39, 0.29) is 41.3 Å². The minimum Gasteiger partial charge on any atom is -0.497 e. The molecule has 8 nitrogen and oxygen atoms in total. The molecule has 0 saturated carbocycles. The van der Waals surface area contributed by atoms with Crippen LogP contribution in [0, 0.1) is 0 Å². The molecule has 2 fully saturated rings. The molecule has 10 heteroatoms. The molecule has 156 valence electrons. The van der Waals surface area contributed by atoms with Gasteiger partial charge in [-0.25, -0.2) is 8.42 Å². The number of imide groups is 1. The molecule has 0 unspecified atom stereocenters. The highest BCUT2D eigenvalue weighted by Crippen LogP contribution is 2.32. The van der Waals surface area contributed by atoms with E-state index in [1.807, 2.05) is 0 Å². The maximum Gasteiger partial charge on any atom is 0.293 e. The van der Waals surface area contributed by atoms with Crippen LogP contribution in [0.25, 0.3) is 6.08 Å². The Balaban J connectivity index is 1.61. The van der Waals surface area contributed by atoms with Gasteiger partial charge in [0.1, 0.15) is 5.75 Å². The van der Waals surface area contributed by atoms with Gasteiger partial charge in [-0.3, -0.25) is 19.3 Å². The molecule has 1 aromatic carbocycles. The number of sulfone groups is 1. The van der Waals surface area contributed by atoms with E-state index in [2.05, 4.69) is 0 Å². The molecule has 3 amide bonds. The minimum absolute atomic E-state index is 0.0389. The van der Waals surface area contributed by atoms with Gasteiger partial charge < -0.3 is 9.64 Å². The second-order valence-corrected chi connectivity index (χ2v) is 10.1. The van der Waals surface area contributed by atoms with Gasteiger partial charge in [0.05, 0.1) is 23.5 Å². The Kier molecular flexibility index (Phi) is 6.33. The van der Waals surface area contributed by atoms with Crippen LogP contribution < -0.4 is 4.74 Å². The largest absolute Gasteiger partial charge is 0.497 e. The van der Waals surface area contributed by atoms with E-state index in [9.17, 15) is 22.8 Å². The fourth-order valence-corrected chi connectivity index (χ4v) is 5.88. The van der Waals surface area contributed by atoms with Crippen LogP contribution >= 0.6 is 11.8 Å². The van der Waals surface area contributed by atoms with Gasteiger partial charge in [-0.2, -0.15) is 0 Å². The smallest absolute Gasteiger partial charge is 0.293 e. The summed E-state index contributed by atoms with van der Waals surface area (Å²) in [5.41, 5.74) is 0.730. The van der Waals surface area contributed by atoms with Crippen LogP contribution in [-0.4, -0.2) is 73.5 Å². The van der Waals surface area contributed by atoms with E-state index in [1.165, 1.54) is 4.90 Å². The van der Waals surface area contributed by atoms with E-state index in [0.717, 1.165) is 22.2 Å². The quantitative estimate of drug-likeness (QED) is 0.624. The number of thioether (sulfide) groups is 1. The van der Waals surface area contributed by atoms with Crippen molar-refractivity contribution in [2.24, 2.45) is 0 Å². The molecule has 0 radical (unpaired) electrons. The van der Waals surface area contributed by atoms with E-state index in [0.29, 0.717) is 12.2 Å². The summed E-state index contributed by atoms with van der Waals surface area (Å²) >= 11 is 0.829. The number of nitrogens with zero attached hydrogens (tertiary/aromatic N) is 2. The van der Waals surface area contributed by atoms with Crippen LogP contribution in [0.4, 0.5) is 4.79 Å². The first kappa shape index (κ1) is 21.4. The van der Waals surface area contributed by atoms with E-state index in [4.69, 9.17) is 4.74 Å². The lowest BCUT2D eigenvalue weighted by Crippen LogP contribution is -2.40. The predicted octanol–water partition coefficient (Wildman–Crippen LogP) is 1.77. The summed E-state index contributed by atoms with van der Waals surface area (Å²) in [6, 6.07) is 6.76. The number of methoxy groups -OCH3 is 1. The zero-order chi connectivity index (χ0) is 21.2. The number of carbonyl (C=O) groups is 3. The molecule has 1 atom stereocenters. The average Bonchev–Trinajstić information content (AvgIpc) is 3.18. The average molecular weight is 439 g/mol. The van der Waals surface area contributed by atoms with Crippen molar-refractivity contribution in [3.05, 3.63) is 34.7 Å². The van der Waals surface area contributed by atoms with Gasteiger partial charge in [0.2, 0.25) is 5.91 Å². The van der Waals surface area contributed by atoms with Crippen molar-refractivity contribution in [1.82, 2.24) is 9.80 Å². The Morgan fingerprint density at radius 2 is 2.14 bits per heavy atom. The third-order valence-electron chi connectivity index (χ3n) is 4.96. The van der Waals surface area contributed by atoms with Crippen LogP contribution in [0.15, 0.2) is 29.2 Å². The van der Waals surface area contributed by atoms with Gasteiger partial charge in [-0.15, -0.1) is 0 Å². The molecular weight excluding hydrogens is 416 g/mol. The van der Waals surface area contributed by atoms with E-state index in [1.54, 1.807) is 44.5 Å². The summed E-state index contributed by atoms with van der Waals surface area (Å²) in [6.07, 6.45) is 1.98. The maximum absolute atomic E-state index is 12.6. The Bertz CT molecular complexity index is 973. The molecule has 0 N–H and O–H groups in total. The van der Waals surface area contributed by atoms with Crippen LogP contribution in [0.2, 0.25) is 0 Å². The van der Waals surface area contributed by atoms with Crippen molar-refractivity contribution in [3.8, 4) is 5.75 Å². The van der Waals surface area contributed by atoms with Crippen molar-refractivity contribution in [1.29, 1.82) is 0 Å².